The molecule has 0 spiro atoms. The maximum Gasteiger partial charge on any atom is 0.310 e. The predicted molar refractivity (Wildman–Crippen MR) is 67.4 cm³/mol. The van der Waals surface area contributed by atoms with Crippen LogP contribution in [0.2, 0.25) is 5.15 Å². The van der Waals surface area contributed by atoms with Gasteiger partial charge in [-0.2, -0.15) is 0 Å². The van der Waals surface area contributed by atoms with Crippen molar-refractivity contribution in [1.29, 1.82) is 0 Å². The second kappa shape index (κ2) is 6.35. The SMILES string of the molecule is COC(=O)C(C)CN(C)C(=O)c1cccc(Cl)n1. The molecule has 1 heterocycles. The molecule has 98 valence electrons. The first-order chi connectivity index (χ1) is 8.45. The normalized spacial score (nSPS) is 11.8. The van der Waals surface area contributed by atoms with Crippen molar-refractivity contribution >= 4 is 23.5 Å². The van der Waals surface area contributed by atoms with Gasteiger partial charge in [0.2, 0.25) is 0 Å². The van der Waals surface area contributed by atoms with Gasteiger partial charge >= 0.3 is 5.97 Å². The van der Waals surface area contributed by atoms with E-state index in [4.69, 9.17) is 11.6 Å². The summed E-state index contributed by atoms with van der Waals surface area (Å²) in [5.74, 6) is -1.02. The van der Waals surface area contributed by atoms with Gasteiger partial charge in [0, 0.05) is 13.6 Å². The Hall–Kier alpha value is -1.62. The van der Waals surface area contributed by atoms with E-state index in [-0.39, 0.29) is 35.2 Å². The molecule has 0 fully saturated rings. The zero-order valence-corrected chi connectivity index (χ0v) is 11.3. The third kappa shape index (κ3) is 3.70. The summed E-state index contributed by atoms with van der Waals surface area (Å²) in [6.45, 7) is 1.96. The lowest BCUT2D eigenvalue weighted by Gasteiger charge is -2.19. The van der Waals surface area contributed by atoms with E-state index >= 15 is 0 Å². The first kappa shape index (κ1) is 14.4. The molecule has 0 N–H and O–H groups in total. The van der Waals surface area contributed by atoms with Crippen molar-refractivity contribution in [1.82, 2.24) is 9.88 Å². The van der Waals surface area contributed by atoms with Crippen LogP contribution in [0.5, 0.6) is 0 Å². The largest absolute Gasteiger partial charge is 0.469 e. The van der Waals surface area contributed by atoms with Gasteiger partial charge in [-0.25, -0.2) is 4.98 Å². The van der Waals surface area contributed by atoms with Gasteiger partial charge in [0.1, 0.15) is 10.8 Å². The molecule has 0 saturated heterocycles. The molecule has 0 aliphatic carbocycles. The molecule has 0 saturated carbocycles. The molecule has 5 nitrogen and oxygen atoms in total. The van der Waals surface area contributed by atoms with Gasteiger partial charge in [-0.3, -0.25) is 9.59 Å². The minimum absolute atomic E-state index is 0.252. The molecule has 18 heavy (non-hydrogen) atoms. The van der Waals surface area contributed by atoms with Crippen LogP contribution in [0.4, 0.5) is 0 Å². The van der Waals surface area contributed by atoms with Crippen molar-refractivity contribution in [3.63, 3.8) is 0 Å². The van der Waals surface area contributed by atoms with Gasteiger partial charge in [0.05, 0.1) is 13.0 Å². The van der Waals surface area contributed by atoms with Crippen LogP contribution < -0.4 is 0 Å². The monoisotopic (exact) mass is 270 g/mol. The Bertz CT molecular complexity index is 451. The second-order valence-electron chi connectivity index (χ2n) is 3.96. The van der Waals surface area contributed by atoms with E-state index in [0.29, 0.717) is 0 Å². The first-order valence-corrected chi connectivity index (χ1v) is 5.79. The Morgan fingerprint density at radius 2 is 2.17 bits per heavy atom. The number of carbonyl (C=O) groups excluding carboxylic acids is 2. The number of rotatable bonds is 4. The Balaban J connectivity index is 2.70. The van der Waals surface area contributed by atoms with Crippen LogP contribution in [0.1, 0.15) is 17.4 Å². The molecule has 0 aliphatic rings. The smallest absolute Gasteiger partial charge is 0.310 e. The minimum Gasteiger partial charge on any atom is -0.469 e. The molecular weight excluding hydrogens is 256 g/mol. The van der Waals surface area contributed by atoms with Gasteiger partial charge in [-0.1, -0.05) is 24.6 Å². The summed E-state index contributed by atoms with van der Waals surface area (Å²) in [6, 6.07) is 4.82. The zero-order valence-electron chi connectivity index (χ0n) is 10.5. The van der Waals surface area contributed by atoms with Gasteiger partial charge in [0.25, 0.3) is 5.91 Å². The molecule has 0 radical (unpaired) electrons. The Kier molecular flexibility index (Phi) is 5.09. The van der Waals surface area contributed by atoms with Crippen LogP contribution in [0, 0.1) is 5.92 Å². The highest BCUT2D eigenvalue weighted by Gasteiger charge is 2.20. The number of methoxy groups -OCH3 is 1. The second-order valence-corrected chi connectivity index (χ2v) is 4.34. The Labute approximate surface area is 111 Å². The van der Waals surface area contributed by atoms with E-state index in [0.717, 1.165) is 0 Å². The standard InChI is InChI=1S/C12H15ClN2O3/c1-8(12(17)18-3)7-15(2)11(16)9-5-4-6-10(13)14-9/h4-6,8H,7H2,1-3H3. The molecule has 1 rings (SSSR count). The van der Waals surface area contributed by atoms with Crippen molar-refractivity contribution in [3.8, 4) is 0 Å². The molecule has 0 bridgehead atoms. The molecule has 6 heteroatoms. The first-order valence-electron chi connectivity index (χ1n) is 5.41. The number of hydrogen-bond acceptors (Lipinski definition) is 4. The molecule has 1 atom stereocenters. The molecule has 1 unspecified atom stereocenters. The maximum absolute atomic E-state index is 12.0. The zero-order chi connectivity index (χ0) is 13.7. The van der Waals surface area contributed by atoms with E-state index in [1.807, 2.05) is 0 Å². The van der Waals surface area contributed by atoms with Crippen molar-refractivity contribution in [2.24, 2.45) is 5.92 Å². The van der Waals surface area contributed by atoms with Gasteiger partial charge in [-0.05, 0) is 12.1 Å². The number of aromatic nitrogens is 1. The molecule has 1 amide bonds. The molecular formula is C12H15ClN2O3. The van der Waals surface area contributed by atoms with Crippen molar-refractivity contribution in [3.05, 3.63) is 29.0 Å². The Morgan fingerprint density at radius 1 is 1.50 bits per heavy atom. The van der Waals surface area contributed by atoms with Crippen molar-refractivity contribution in [2.45, 2.75) is 6.92 Å². The summed E-state index contributed by atoms with van der Waals surface area (Å²) >= 11 is 5.72. The molecule has 0 aliphatic heterocycles. The summed E-state index contributed by atoms with van der Waals surface area (Å²) < 4.78 is 4.60. The van der Waals surface area contributed by atoms with Crippen LogP contribution in [0.3, 0.4) is 0 Å². The average molecular weight is 271 g/mol. The summed E-state index contributed by atoms with van der Waals surface area (Å²) in [5.41, 5.74) is 0.252. The summed E-state index contributed by atoms with van der Waals surface area (Å²) in [7, 11) is 2.92. The highest BCUT2D eigenvalue weighted by Crippen LogP contribution is 2.09. The van der Waals surface area contributed by atoms with Crippen LogP contribution >= 0.6 is 11.6 Å². The fraction of sp³-hybridized carbons (Fsp3) is 0.417. The molecule has 1 aromatic rings. The summed E-state index contributed by atoms with van der Waals surface area (Å²) in [4.78, 5) is 28.6. The predicted octanol–water partition coefficient (Wildman–Crippen LogP) is 1.62. The fourth-order valence-electron chi connectivity index (χ4n) is 1.49. The van der Waals surface area contributed by atoms with E-state index in [1.54, 1.807) is 32.2 Å². The number of amides is 1. The number of pyridine rings is 1. The highest BCUT2D eigenvalue weighted by molar-refractivity contribution is 6.29. The van der Waals surface area contributed by atoms with Gasteiger partial charge in [0.15, 0.2) is 0 Å². The lowest BCUT2D eigenvalue weighted by molar-refractivity contribution is -0.145. The van der Waals surface area contributed by atoms with Crippen LogP contribution in [0.25, 0.3) is 0 Å². The van der Waals surface area contributed by atoms with Crippen LogP contribution in [-0.4, -0.2) is 42.5 Å². The lowest BCUT2D eigenvalue weighted by atomic mass is 10.1. The topological polar surface area (TPSA) is 59.5 Å². The molecule has 0 aromatic carbocycles. The number of carbonyl (C=O) groups is 2. The van der Waals surface area contributed by atoms with E-state index in [9.17, 15) is 9.59 Å². The third-order valence-electron chi connectivity index (χ3n) is 2.43. The summed E-state index contributed by atoms with van der Waals surface area (Å²) in [6.07, 6.45) is 0. The lowest BCUT2D eigenvalue weighted by Crippen LogP contribution is -2.34. The van der Waals surface area contributed by atoms with Gasteiger partial charge in [-0.15, -0.1) is 0 Å². The average Bonchev–Trinajstić information content (AvgIpc) is 2.36. The van der Waals surface area contributed by atoms with E-state index in [2.05, 4.69) is 9.72 Å². The number of ether oxygens (including phenoxy) is 1. The Morgan fingerprint density at radius 3 is 2.72 bits per heavy atom. The van der Waals surface area contributed by atoms with Crippen LogP contribution in [-0.2, 0) is 9.53 Å². The third-order valence-corrected chi connectivity index (χ3v) is 2.64. The minimum atomic E-state index is -0.386. The number of nitrogens with zero attached hydrogens (tertiary/aromatic N) is 2. The van der Waals surface area contributed by atoms with Crippen molar-refractivity contribution < 1.29 is 14.3 Å². The number of halogens is 1. The van der Waals surface area contributed by atoms with E-state index < -0.39 is 0 Å². The number of hydrogen-bond donors (Lipinski definition) is 0. The van der Waals surface area contributed by atoms with E-state index in [1.165, 1.54) is 12.0 Å². The maximum atomic E-state index is 12.0. The highest BCUT2D eigenvalue weighted by atomic mass is 35.5. The quantitative estimate of drug-likeness (QED) is 0.616. The summed E-state index contributed by atoms with van der Waals surface area (Å²) in [5, 5.41) is 0.260. The number of esters is 1. The van der Waals surface area contributed by atoms with Crippen LogP contribution in [0.15, 0.2) is 18.2 Å². The van der Waals surface area contributed by atoms with Gasteiger partial charge < -0.3 is 9.64 Å². The van der Waals surface area contributed by atoms with Crippen molar-refractivity contribution in [2.75, 3.05) is 20.7 Å². The fourth-order valence-corrected chi connectivity index (χ4v) is 1.66. The molecule has 1 aromatic heterocycles.